The summed E-state index contributed by atoms with van der Waals surface area (Å²) in [6.45, 7) is 0.826. The van der Waals surface area contributed by atoms with Crippen LogP contribution >= 0.6 is 0 Å². The highest BCUT2D eigenvalue weighted by Gasteiger charge is 2.02. The summed E-state index contributed by atoms with van der Waals surface area (Å²) in [6, 6.07) is 10.4. The Morgan fingerprint density at radius 1 is 1.17 bits per heavy atom. The molecule has 2 aromatic heterocycles. The second-order valence-corrected chi connectivity index (χ2v) is 4.52. The van der Waals surface area contributed by atoms with Gasteiger partial charge in [-0.3, -0.25) is 0 Å². The third-order valence-electron chi connectivity index (χ3n) is 3.25. The maximum Gasteiger partial charge on any atom is 0.0955 e. The molecule has 0 amide bonds. The molecule has 0 fully saturated rings. The molecule has 2 heterocycles. The monoisotopic (exact) mass is 240 g/mol. The minimum atomic E-state index is 0.826. The highest BCUT2D eigenvalue weighted by atomic mass is 15.0. The van der Waals surface area contributed by atoms with Crippen LogP contribution in [0, 0.1) is 0 Å². The normalized spacial score (nSPS) is 11.0. The lowest BCUT2D eigenvalue weighted by Gasteiger charge is -2.08. The van der Waals surface area contributed by atoms with Crippen molar-refractivity contribution < 1.29 is 0 Å². The zero-order valence-corrected chi connectivity index (χ0v) is 10.6. The smallest absolute Gasteiger partial charge is 0.0955 e. The van der Waals surface area contributed by atoms with Crippen LogP contribution in [0.15, 0.2) is 42.9 Å². The van der Waals surface area contributed by atoms with E-state index in [0.29, 0.717) is 0 Å². The fraction of sp³-hybridized carbons (Fsp3) is 0.214. The van der Waals surface area contributed by atoms with Crippen molar-refractivity contribution in [2.75, 3.05) is 5.32 Å². The van der Waals surface area contributed by atoms with Crippen molar-refractivity contribution in [3.8, 4) is 0 Å². The summed E-state index contributed by atoms with van der Waals surface area (Å²) >= 11 is 0. The molecule has 0 saturated carbocycles. The van der Waals surface area contributed by atoms with Gasteiger partial charge in [-0.1, -0.05) is 0 Å². The van der Waals surface area contributed by atoms with E-state index in [1.165, 1.54) is 5.69 Å². The second-order valence-electron chi connectivity index (χ2n) is 4.52. The number of hydrogen-bond donors (Lipinski definition) is 1. The number of anilines is 1. The number of benzene rings is 1. The predicted octanol–water partition coefficient (Wildman–Crippen LogP) is 2.52. The Labute approximate surface area is 106 Å². The molecule has 0 saturated heterocycles. The number of fused-ring (bicyclic) bond motifs is 1. The molecule has 0 unspecified atom stereocenters. The van der Waals surface area contributed by atoms with Gasteiger partial charge in [-0.05, 0) is 30.3 Å². The first-order valence-electron chi connectivity index (χ1n) is 5.99. The molecule has 18 heavy (non-hydrogen) atoms. The van der Waals surface area contributed by atoms with Crippen LogP contribution in [-0.2, 0) is 20.6 Å². The van der Waals surface area contributed by atoms with Gasteiger partial charge in [0.1, 0.15) is 0 Å². The maximum absolute atomic E-state index is 4.31. The van der Waals surface area contributed by atoms with E-state index >= 15 is 0 Å². The van der Waals surface area contributed by atoms with Crippen molar-refractivity contribution in [2.45, 2.75) is 6.54 Å². The first-order chi connectivity index (χ1) is 8.74. The van der Waals surface area contributed by atoms with Crippen molar-refractivity contribution in [2.24, 2.45) is 14.1 Å². The van der Waals surface area contributed by atoms with E-state index in [-0.39, 0.29) is 0 Å². The fourth-order valence-corrected chi connectivity index (χ4v) is 2.11. The van der Waals surface area contributed by atoms with Gasteiger partial charge in [0.25, 0.3) is 0 Å². The molecular formula is C14H16N4. The molecule has 0 bridgehead atoms. The van der Waals surface area contributed by atoms with Crippen molar-refractivity contribution in [3.05, 3.63) is 48.5 Å². The highest BCUT2D eigenvalue weighted by Crippen LogP contribution is 2.18. The first kappa shape index (κ1) is 10.9. The van der Waals surface area contributed by atoms with Gasteiger partial charge in [0, 0.05) is 31.7 Å². The topological polar surface area (TPSA) is 34.8 Å². The molecule has 4 heteroatoms. The largest absolute Gasteiger partial charge is 0.379 e. The van der Waals surface area contributed by atoms with Gasteiger partial charge < -0.3 is 14.5 Å². The van der Waals surface area contributed by atoms with Gasteiger partial charge in [0.05, 0.1) is 23.9 Å². The van der Waals surface area contributed by atoms with Crippen LogP contribution in [-0.4, -0.2) is 14.1 Å². The molecule has 1 aromatic carbocycles. The summed E-state index contributed by atoms with van der Waals surface area (Å²) < 4.78 is 4.15. The van der Waals surface area contributed by atoms with Crippen molar-refractivity contribution >= 4 is 16.7 Å². The Morgan fingerprint density at radius 3 is 2.83 bits per heavy atom. The third-order valence-corrected chi connectivity index (χ3v) is 3.25. The molecule has 1 N–H and O–H groups in total. The number of imidazole rings is 1. The summed E-state index contributed by atoms with van der Waals surface area (Å²) in [5, 5.41) is 3.44. The summed E-state index contributed by atoms with van der Waals surface area (Å²) in [4.78, 5) is 4.31. The molecular weight excluding hydrogens is 224 g/mol. The molecule has 92 valence electrons. The molecule has 0 radical (unpaired) electrons. The van der Waals surface area contributed by atoms with Crippen LogP contribution in [0.5, 0.6) is 0 Å². The van der Waals surface area contributed by atoms with Crippen molar-refractivity contribution in [1.82, 2.24) is 14.1 Å². The van der Waals surface area contributed by atoms with Crippen LogP contribution in [0.4, 0.5) is 5.69 Å². The zero-order valence-electron chi connectivity index (χ0n) is 10.6. The quantitative estimate of drug-likeness (QED) is 0.763. The SMILES string of the molecule is Cn1cccc1CNc1ccc2ncn(C)c2c1. The lowest BCUT2D eigenvalue weighted by atomic mass is 10.2. The lowest BCUT2D eigenvalue weighted by Crippen LogP contribution is -2.03. The van der Waals surface area contributed by atoms with Crippen LogP contribution in [0.25, 0.3) is 11.0 Å². The van der Waals surface area contributed by atoms with E-state index < -0.39 is 0 Å². The molecule has 3 rings (SSSR count). The summed E-state index contributed by atoms with van der Waals surface area (Å²) in [5.74, 6) is 0. The number of hydrogen-bond acceptors (Lipinski definition) is 2. The van der Waals surface area contributed by atoms with E-state index in [9.17, 15) is 0 Å². The Bertz CT molecular complexity index is 678. The summed E-state index contributed by atoms with van der Waals surface area (Å²) in [6.07, 6.45) is 3.90. The van der Waals surface area contributed by atoms with Gasteiger partial charge in [0.2, 0.25) is 0 Å². The number of nitrogens with zero attached hydrogens (tertiary/aromatic N) is 3. The number of rotatable bonds is 3. The van der Waals surface area contributed by atoms with E-state index in [0.717, 1.165) is 23.3 Å². The zero-order chi connectivity index (χ0) is 12.5. The average Bonchev–Trinajstić information content (AvgIpc) is 2.94. The Balaban J connectivity index is 1.82. The maximum atomic E-state index is 4.31. The van der Waals surface area contributed by atoms with Crippen LogP contribution in [0.3, 0.4) is 0 Å². The van der Waals surface area contributed by atoms with Gasteiger partial charge in [-0.15, -0.1) is 0 Å². The van der Waals surface area contributed by atoms with Gasteiger partial charge >= 0.3 is 0 Å². The molecule has 0 aliphatic heterocycles. The molecule has 4 nitrogen and oxygen atoms in total. The minimum Gasteiger partial charge on any atom is -0.379 e. The van der Waals surface area contributed by atoms with E-state index in [1.54, 1.807) is 0 Å². The van der Waals surface area contributed by atoms with Crippen LogP contribution in [0.1, 0.15) is 5.69 Å². The number of aryl methyl sites for hydroxylation is 2. The van der Waals surface area contributed by atoms with E-state index in [1.807, 2.05) is 24.0 Å². The minimum absolute atomic E-state index is 0.826. The Morgan fingerprint density at radius 2 is 2.06 bits per heavy atom. The molecule has 0 aliphatic rings. The predicted molar refractivity (Wildman–Crippen MR) is 73.5 cm³/mol. The van der Waals surface area contributed by atoms with Crippen LogP contribution < -0.4 is 5.32 Å². The summed E-state index contributed by atoms with van der Waals surface area (Å²) in [5.41, 5.74) is 4.56. The Hall–Kier alpha value is -2.23. The first-order valence-corrected chi connectivity index (χ1v) is 5.99. The number of nitrogens with one attached hydrogen (secondary N) is 1. The fourth-order valence-electron chi connectivity index (χ4n) is 2.11. The van der Waals surface area contributed by atoms with Gasteiger partial charge in [-0.2, -0.15) is 0 Å². The number of aromatic nitrogens is 3. The van der Waals surface area contributed by atoms with Crippen molar-refractivity contribution in [3.63, 3.8) is 0 Å². The second kappa shape index (κ2) is 4.22. The molecule has 0 aliphatic carbocycles. The standard InChI is InChI=1S/C14H16N4/c1-17-7-3-4-12(17)9-15-11-5-6-13-14(8-11)18(2)10-16-13/h3-8,10,15H,9H2,1-2H3. The third kappa shape index (κ3) is 1.86. The van der Waals surface area contributed by atoms with Crippen molar-refractivity contribution in [1.29, 1.82) is 0 Å². The van der Waals surface area contributed by atoms with Gasteiger partial charge in [-0.25, -0.2) is 4.98 Å². The molecule has 3 aromatic rings. The summed E-state index contributed by atoms with van der Waals surface area (Å²) in [7, 11) is 4.07. The lowest BCUT2D eigenvalue weighted by molar-refractivity contribution is 0.842. The van der Waals surface area contributed by atoms with E-state index in [4.69, 9.17) is 0 Å². The highest BCUT2D eigenvalue weighted by molar-refractivity contribution is 5.79. The van der Waals surface area contributed by atoms with Crippen LogP contribution in [0.2, 0.25) is 0 Å². The van der Waals surface area contributed by atoms with E-state index in [2.05, 4.69) is 52.4 Å². The van der Waals surface area contributed by atoms with Gasteiger partial charge in [0.15, 0.2) is 0 Å². The Kier molecular flexibility index (Phi) is 2.55. The average molecular weight is 240 g/mol. The molecule has 0 atom stereocenters. The molecule has 0 spiro atoms.